The summed E-state index contributed by atoms with van der Waals surface area (Å²) in [5.41, 5.74) is 1.26. The molecule has 0 spiro atoms. The van der Waals surface area contributed by atoms with E-state index in [0.29, 0.717) is 10.6 Å². The van der Waals surface area contributed by atoms with E-state index < -0.39 is 5.54 Å². The molecule has 6 heteroatoms. The first-order valence-electron chi connectivity index (χ1n) is 6.97. The van der Waals surface area contributed by atoms with Gasteiger partial charge < -0.3 is 5.32 Å². The predicted molar refractivity (Wildman–Crippen MR) is 86.1 cm³/mol. The zero-order chi connectivity index (χ0) is 16.9. The second-order valence-corrected chi connectivity index (χ2v) is 6.64. The summed E-state index contributed by atoms with van der Waals surface area (Å²) >= 11 is 1.22. The van der Waals surface area contributed by atoms with Crippen LogP contribution in [-0.2, 0) is 4.79 Å². The van der Waals surface area contributed by atoms with Crippen LogP contribution in [0.4, 0.5) is 0 Å². The van der Waals surface area contributed by atoms with Crippen LogP contribution in [0.3, 0.4) is 0 Å². The molecule has 0 saturated carbocycles. The summed E-state index contributed by atoms with van der Waals surface area (Å²) in [5, 5.41) is 21.7. The minimum absolute atomic E-state index is 0.000425. The highest BCUT2D eigenvalue weighted by Gasteiger charge is 2.29. The molecule has 0 aliphatic heterocycles. The van der Waals surface area contributed by atoms with Crippen LogP contribution in [0.2, 0.25) is 0 Å². The molecule has 1 rings (SSSR count). The molecule has 0 aliphatic rings. The predicted octanol–water partition coefficient (Wildman–Crippen LogP) is 2.72. The molecule has 0 aromatic carbocycles. The average Bonchev–Trinajstić information content (AvgIpc) is 2.44. The second kappa shape index (κ2) is 7.29. The van der Waals surface area contributed by atoms with Crippen molar-refractivity contribution in [1.82, 2.24) is 10.3 Å². The normalized spacial score (nSPS) is 13.1. The largest absolute Gasteiger partial charge is 0.337 e. The number of hydrogen-bond donors (Lipinski definition) is 1. The number of thioether (sulfide) groups is 1. The molecular formula is C16H20N4OS. The van der Waals surface area contributed by atoms with Crippen LogP contribution in [0.1, 0.15) is 37.6 Å². The Morgan fingerprint density at radius 2 is 2.09 bits per heavy atom. The van der Waals surface area contributed by atoms with Gasteiger partial charge in [0, 0.05) is 5.69 Å². The Morgan fingerprint density at radius 3 is 2.59 bits per heavy atom. The number of rotatable bonds is 5. The molecule has 1 aromatic heterocycles. The van der Waals surface area contributed by atoms with Gasteiger partial charge in [0.05, 0.1) is 17.4 Å². The molecule has 0 saturated heterocycles. The van der Waals surface area contributed by atoms with Gasteiger partial charge in [0.25, 0.3) is 0 Å². The van der Waals surface area contributed by atoms with E-state index in [1.807, 2.05) is 33.8 Å². The van der Waals surface area contributed by atoms with Crippen LogP contribution in [0.15, 0.2) is 11.1 Å². The topological polar surface area (TPSA) is 89.6 Å². The highest BCUT2D eigenvalue weighted by molar-refractivity contribution is 8.00. The summed E-state index contributed by atoms with van der Waals surface area (Å²) in [5.74, 6) is -0.123. The molecule has 0 unspecified atom stereocenters. The van der Waals surface area contributed by atoms with Crippen LogP contribution >= 0.6 is 11.8 Å². The average molecular weight is 316 g/mol. The van der Waals surface area contributed by atoms with Crippen molar-refractivity contribution < 1.29 is 4.79 Å². The number of aryl methyl sites for hydroxylation is 2. The van der Waals surface area contributed by atoms with Crippen LogP contribution in [0.5, 0.6) is 0 Å². The summed E-state index contributed by atoms with van der Waals surface area (Å²) in [6, 6.07) is 6.11. The molecule has 1 amide bonds. The van der Waals surface area contributed by atoms with E-state index in [4.69, 9.17) is 0 Å². The summed E-state index contributed by atoms with van der Waals surface area (Å²) < 4.78 is 0. The number of nitrogens with one attached hydrogen (secondary N) is 1. The second-order valence-electron chi connectivity index (χ2n) is 5.68. The number of carbonyl (C=O) groups excluding carboxylic acids is 1. The highest BCUT2D eigenvalue weighted by atomic mass is 32.2. The first-order chi connectivity index (χ1) is 10.2. The van der Waals surface area contributed by atoms with Crippen molar-refractivity contribution in [1.29, 1.82) is 10.5 Å². The van der Waals surface area contributed by atoms with Crippen molar-refractivity contribution in [3.63, 3.8) is 0 Å². The molecule has 5 nitrogen and oxygen atoms in total. The van der Waals surface area contributed by atoms with Gasteiger partial charge in [-0.05, 0) is 38.3 Å². The Kier molecular flexibility index (Phi) is 5.96. The number of pyridine rings is 1. The molecule has 1 aromatic rings. The van der Waals surface area contributed by atoms with E-state index in [9.17, 15) is 15.3 Å². The zero-order valence-electron chi connectivity index (χ0n) is 13.5. The van der Waals surface area contributed by atoms with Crippen molar-refractivity contribution in [3.05, 3.63) is 22.9 Å². The Morgan fingerprint density at radius 1 is 1.45 bits per heavy atom. The van der Waals surface area contributed by atoms with Gasteiger partial charge in [-0.3, -0.25) is 4.79 Å². The van der Waals surface area contributed by atoms with Gasteiger partial charge in [-0.25, -0.2) is 4.98 Å². The smallest absolute Gasteiger partial charge is 0.231 e. The van der Waals surface area contributed by atoms with E-state index in [1.165, 1.54) is 11.8 Å². The minimum atomic E-state index is -0.897. The van der Waals surface area contributed by atoms with Gasteiger partial charge in [-0.15, -0.1) is 0 Å². The molecule has 0 bridgehead atoms. The number of carbonyl (C=O) groups is 1. The number of nitriles is 2. The van der Waals surface area contributed by atoms with Gasteiger partial charge in [-0.1, -0.05) is 25.6 Å². The monoisotopic (exact) mass is 316 g/mol. The Balaban J connectivity index is 2.82. The molecule has 0 radical (unpaired) electrons. The first-order valence-corrected chi connectivity index (χ1v) is 7.95. The Bertz CT molecular complexity index is 657. The Hall–Kier alpha value is -2.05. The molecule has 22 heavy (non-hydrogen) atoms. The SMILES string of the molecule is Cc1cc(C)c(C#N)c(SCC(=O)N[C@@](C)(C#N)C(C)C)n1. The van der Waals surface area contributed by atoms with Gasteiger partial charge >= 0.3 is 0 Å². The zero-order valence-corrected chi connectivity index (χ0v) is 14.3. The molecule has 1 N–H and O–H groups in total. The fourth-order valence-corrected chi connectivity index (χ4v) is 2.70. The van der Waals surface area contributed by atoms with E-state index in [2.05, 4.69) is 22.4 Å². The lowest BCUT2D eigenvalue weighted by molar-refractivity contribution is -0.120. The minimum Gasteiger partial charge on any atom is -0.337 e. The van der Waals surface area contributed by atoms with Gasteiger partial charge in [0.1, 0.15) is 16.6 Å². The molecule has 0 fully saturated rings. The third-order valence-electron chi connectivity index (χ3n) is 3.55. The third kappa shape index (κ3) is 4.22. The van der Waals surface area contributed by atoms with E-state index in [1.54, 1.807) is 6.92 Å². The third-order valence-corrected chi connectivity index (χ3v) is 4.52. The molecular weight excluding hydrogens is 296 g/mol. The Labute approximate surface area is 135 Å². The quantitative estimate of drug-likeness (QED) is 0.844. The lowest BCUT2D eigenvalue weighted by Gasteiger charge is -2.27. The number of nitrogens with zero attached hydrogens (tertiary/aromatic N) is 3. The standard InChI is InChI=1S/C16H20N4OS/c1-10(2)16(5,9-18)20-14(21)8-22-15-13(7-17)11(3)6-12(4)19-15/h6,10H,8H2,1-5H3,(H,20,21)/t16-/m0/s1. The maximum absolute atomic E-state index is 12.1. The number of amides is 1. The van der Waals surface area contributed by atoms with Crippen LogP contribution in [0.25, 0.3) is 0 Å². The summed E-state index contributed by atoms with van der Waals surface area (Å²) in [4.78, 5) is 16.4. The van der Waals surface area contributed by atoms with E-state index in [-0.39, 0.29) is 17.6 Å². The van der Waals surface area contributed by atoms with Crippen molar-refractivity contribution in [2.75, 3.05) is 5.75 Å². The maximum atomic E-state index is 12.1. The number of hydrogen-bond acceptors (Lipinski definition) is 5. The van der Waals surface area contributed by atoms with Crippen molar-refractivity contribution in [3.8, 4) is 12.1 Å². The summed E-state index contributed by atoms with van der Waals surface area (Å²) in [6.45, 7) is 9.18. The lowest BCUT2D eigenvalue weighted by atomic mass is 9.90. The van der Waals surface area contributed by atoms with Crippen molar-refractivity contribution in [2.24, 2.45) is 5.92 Å². The van der Waals surface area contributed by atoms with Crippen molar-refractivity contribution in [2.45, 2.75) is 45.2 Å². The van der Waals surface area contributed by atoms with Crippen LogP contribution < -0.4 is 5.32 Å². The molecule has 116 valence electrons. The molecule has 0 aliphatic carbocycles. The van der Waals surface area contributed by atoms with Crippen LogP contribution in [0, 0.1) is 42.4 Å². The fourth-order valence-electron chi connectivity index (χ4n) is 1.80. The van der Waals surface area contributed by atoms with Crippen molar-refractivity contribution >= 4 is 17.7 Å². The highest BCUT2D eigenvalue weighted by Crippen LogP contribution is 2.24. The lowest BCUT2D eigenvalue weighted by Crippen LogP contribution is -2.49. The van der Waals surface area contributed by atoms with Gasteiger partial charge in [-0.2, -0.15) is 10.5 Å². The summed E-state index contributed by atoms with van der Waals surface area (Å²) in [7, 11) is 0. The van der Waals surface area contributed by atoms with Gasteiger partial charge in [0.2, 0.25) is 5.91 Å². The van der Waals surface area contributed by atoms with E-state index in [0.717, 1.165) is 11.3 Å². The number of aromatic nitrogens is 1. The molecule has 1 heterocycles. The maximum Gasteiger partial charge on any atom is 0.231 e. The van der Waals surface area contributed by atoms with E-state index >= 15 is 0 Å². The van der Waals surface area contributed by atoms with Crippen LogP contribution in [-0.4, -0.2) is 22.2 Å². The first kappa shape index (κ1) is 18.0. The summed E-state index contributed by atoms with van der Waals surface area (Å²) in [6.07, 6.45) is 0. The molecule has 1 atom stereocenters. The van der Waals surface area contributed by atoms with Gasteiger partial charge in [0.15, 0.2) is 0 Å². The fraction of sp³-hybridized carbons (Fsp3) is 0.500.